The summed E-state index contributed by atoms with van der Waals surface area (Å²) < 4.78 is -1.79. The van der Waals surface area contributed by atoms with E-state index in [2.05, 4.69) is 10.6 Å². The van der Waals surface area contributed by atoms with Gasteiger partial charge in [-0.1, -0.05) is 40.9 Å². The second-order valence-electron chi connectivity index (χ2n) is 5.65. The molecule has 0 bridgehead atoms. The summed E-state index contributed by atoms with van der Waals surface area (Å²) in [5.74, 6) is -0.586. The number of alkyl halides is 3. The van der Waals surface area contributed by atoms with Crippen LogP contribution < -0.4 is 10.6 Å². The highest BCUT2D eigenvalue weighted by Gasteiger charge is 2.36. The third-order valence-corrected chi connectivity index (χ3v) is 3.15. The molecule has 1 aromatic rings. The molecule has 0 fully saturated rings. The zero-order valence-electron chi connectivity index (χ0n) is 12.2. The van der Waals surface area contributed by atoms with E-state index >= 15 is 0 Å². The molecule has 2 N–H and O–H groups in total. The van der Waals surface area contributed by atoms with Gasteiger partial charge in [0.05, 0.1) is 4.92 Å². The van der Waals surface area contributed by atoms with Crippen LogP contribution in [0.4, 0.5) is 5.69 Å². The number of carbonyl (C=O) groups is 1. The number of benzene rings is 1. The number of nitrogens with zero attached hydrogens (tertiary/aromatic N) is 1. The SMILES string of the molecule is CC(C)(C)NC(NC(=O)c1cccc([N+](=O)[O-])c1)C(Cl)(Cl)Cl. The number of carbonyl (C=O) groups excluding carboxylic acids is 1. The maximum Gasteiger partial charge on any atom is 0.270 e. The molecule has 6 nitrogen and oxygen atoms in total. The van der Waals surface area contributed by atoms with Gasteiger partial charge in [0.1, 0.15) is 6.17 Å². The Morgan fingerprint density at radius 3 is 2.32 bits per heavy atom. The van der Waals surface area contributed by atoms with Gasteiger partial charge in [0, 0.05) is 23.2 Å². The largest absolute Gasteiger partial charge is 0.333 e. The molecule has 0 heterocycles. The minimum atomic E-state index is -1.79. The lowest BCUT2D eigenvalue weighted by Gasteiger charge is -2.33. The topological polar surface area (TPSA) is 84.3 Å². The molecule has 0 spiro atoms. The zero-order valence-corrected chi connectivity index (χ0v) is 14.5. The number of nitro groups is 1. The third-order valence-electron chi connectivity index (χ3n) is 2.50. The number of nitrogens with one attached hydrogen (secondary N) is 2. The monoisotopic (exact) mass is 367 g/mol. The maximum absolute atomic E-state index is 12.2. The molecular formula is C13H16Cl3N3O3. The number of rotatable bonds is 4. The molecule has 0 aliphatic rings. The fraction of sp³-hybridized carbons (Fsp3) is 0.462. The van der Waals surface area contributed by atoms with E-state index in [9.17, 15) is 14.9 Å². The number of hydrogen-bond donors (Lipinski definition) is 2. The summed E-state index contributed by atoms with van der Waals surface area (Å²) in [6.07, 6.45) is -0.968. The molecule has 9 heteroatoms. The van der Waals surface area contributed by atoms with E-state index in [0.717, 1.165) is 6.07 Å². The lowest BCUT2D eigenvalue weighted by molar-refractivity contribution is -0.384. The van der Waals surface area contributed by atoms with Crippen LogP contribution in [0, 0.1) is 10.1 Å². The second-order valence-corrected chi connectivity index (χ2v) is 8.02. The molecule has 22 heavy (non-hydrogen) atoms. The van der Waals surface area contributed by atoms with Crippen LogP contribution in [0.2, 0.25) is 0 Å². The van der Waals surface area contributed by atoms with Gasteiger partial charge < -0.3 is 5.32 Å². The van der Waals surface area contributed by atoms with Crippen molar-refractivity contribution in [2.75, 3.05) is 0 Å². The quantitative estimate of drug-likeness (QED) is 0.369. The molecule has 0 radical (unpaired) electrons. The van der Waals surface area contributed by atoms with Crippen LogP contribution in [-0.2, 0) is 0 Å². The molecule has 0 saturated carbocycles. The first-order valence-electron chi connectivity index (χ1n) is 6.30. The Labute approximate surface area is 143 Å². The Morgan fingerprint density at radius 2 is 1.86 bits per heavy atom. The number of nitro benzene ring substituents is 1. The first kappa shape index (κ1) is 19.0. The van der Waals surface area contributed by atoms with Gasteiger partial charge in [-0.3, -0.25) is 20.2 Å². The smallest absolute Gasteiger partial charge is 0.270 e. The molecule has 1 unspecified atom stereocenters. The van der Waals surface area contributed by atoms with E-state index in [-0.39, 0.29) is 11.3 Å². The van der Waals surface area contributed by atoms with Gasteiger partial charge in [0.15, 0.2) is 0 Å². The van der Waals surface area contributed by atoms with Gasteiger partial charge in [-0.2, -0.15) is 0 Å². The molecular weight excluding hydrogens is 353 g/mol. The number of halogens is 3. The Hall–Kier alpha value is -1.08. The molecule has 0 aliphatic carbocycles. The summed E-state index contributed by atoms with van der Waals surface area (Å²) in [5.41, 5.74) is -0.518. The van der Waals surface area contributed by atoms with Crippen molar-refractivity contribution in [3.8, 4) is 0 Å². The fourth-order valence-corrected chi connectivity index (χ4v) is 1.94. The van der Waals surface area contributed by atoms with Crippen LogP contribution in [-0.4, -0.2) is 26.3 Å². The van der Waals surface area contributed by atoms with E-state index in [0.29, 0.717) is 0 Å². The minimum Gasteiger partial charge on any atom is -0.333 e. The van der Waals surface area contributed by atoms with Gasteiger partial charge in [-0.25, -0.2) is 0 Å². The number of non-ortho nitro benzene ring substituents is 1. The summed E-state index contributed by atoms with van der Waals surface area (Å²) in [6, 6.07) is 5.29. The normalized spacial score (nSPS) is 13.5. The number of amides is 1. The van der Waals surface area contributed by atoms with E-state index in [4.69, 9.17) is 34.8 Å². The predicted octanol–water partition coefficient (Wildman–Crippen LogP) is 3.41. The van der Waals surface area contributed by atoms with E-state index in [1.54, 1.807) is 0 Å². The highest BCUT2D eigenvalue weighted by Crippen LogP contribution is 2.30. The van der Waals surface area contributed by atoms with Crippen LogP contribution >= 0.6 is 34.8 Å². The summed E-state index contributed by atoms with van der Waals surface area (Å²) in [6.45, 7) is 5.53. The summed E-state index contributed by atoms with van der Waals surface area (Å²) in [7, 11) is 0. The maximum atomic E-state index is 12.2. The zero-order chi connectivity index (χ0) is 17.1. The second kappa shape index (κ2) is 7.00. The molecule has 0 saturated heterocycles. The van der Waals surface area contributed by atoms with Crippen molar-refractivity contribution in [3.63, 3.8) is 0 Å². The lowest BCUT2D eigenvalue weighted by Crippen LogP contribution is -2.58. The molecule has 1 aromatic carbocycles. The van der Waals surface area contributed by atoms with E-state index in [1.165, 1.54) is 18.2 Å². The van der Waals surface area contributed by atoms with Gasteiger partial charge >= 0.3 is 0 Å². The Bertz CT molecular complexity index is 568. The molecule has 0 aromatic heterocycles. The van der Waals surface area contributed by atoms with Crippen LogP contribution in [0.25, 0.3) is 0 Å². The van der Waals surface area contributed by atoms with Gasteiger partial charge in [-0.15, -0.1) is 0 Å². The first-order chi connectivity index (χ1) is 9.90. The molecule has 1 rings (SSSR count). The van der Waals surface area contributed by atoms with Crippen molar-refractivity contribution >= 4 is 46.4 Å². The summed E-state index contributed by atoms with van der Waals surface area (Å²) in [4.78, 5) is 22.4. The average Bonchev–Trinajstić information content (AvgIpc) is 2.35. The van der Waals surface area contributed by atoms with Crippen molar-refractivity contribution in [2.45, 2.75) is 36.3 Å². The molecule has 122 valence electrons. The third kappa shape index (κ3) is 5.96. The lowest BCUT2D eigenvalue weighted by atomic mass is 10.1. The van der Waals surface area contributed by atoms with E-state index < -0.39 is 26.3 Å². The van der Waals surface area contributed by atoms with Crippen molar-refractivity contribution in [1.82, 2.24) is 10.6 Å². The highest BCUT2D eigenvalue weighted by atomic mass is 35.6. The summed E-state index contributed by atoms with van der Waals surface area (Å²) in [5, 5.41) is 16.2. The van der Waals surface area contributed by atoms with Crippen molar-refractivity contribution in [2.24, 2.45) is 0 Å². The van der Waals surface area contributed by atoms with Crippen molar-refractivity contribution < 1.29 is 9.72 Å². The Kier molecular flexibility index (Phi) is 6.03. The standard InChI is InChI=1S/C13H16Cl3N3O3/c1-12(2,3)18-11(13(14,15)16)17-10(20)8-5-4-6-9(7-8)19(21)22/h4-7,11,18H,1-3H3,(H,17,20). The van der Waals surface area contributed by atoms with Crippen LogP contribution in [0.1, 0.15) is 31.1 Å². The Balaban J connectivity index is 2.96. The van der Waals surface area contributed by atoms with Crippen LogP contribution in [0.3, 0.4) is 0 Å². The van der Waals surface area contributed by atoms with Gasteiger partial charge in [-0.05, 0) is 26.8 Å². The van der Waals surface area contributed by atoms with Crippen LogP contribution in [0.5, 0.6) is 0 Å². The van der Waals surface area contributed by atoms with Gasteiger partial charge in [0.25, 0.3) is 11.6 Å². The minimum absolute atomic E-state index is 0.101. The van der Waals surface area contributed by atoms with E-state index in [1.807, 2.05) is 20.8 Å². The molecule has 1 atom stereocenters. The van der Waals surface area contributed by atoms with Crippen molar-refractivity contribution in [3.05, 3.63) is 39.9 Å². The number of hydrogen-bond acceptors (Lipinski definition) is 4. The fourth-order valence-electron chi connectivity index (χ4n) is 1.61. The van der Waals surface area contributed by atoms with Crippen molar-refractivity contribution in [1.29, 1.82) is 0 Å². The summed E-state index contributed by atoms with van der Waals surface area (Å²) >= 11 is 17.6. The van der Waals surface area contributed by atoms with Crippen LogP contribution in [0.15, 0.2) is 24.3 Å². The van der Waals surface area contributed by atoms with Gasteiger partial charge in [0.2, 0.25) is 3.79 Å². The first-order valence-corrected chi connectivity index (χ1v) is 7.43. The average molecular weight is 369 g/mol. The molecule has 0 aliphatic heterocycles. The predicted molar refractivity (Wildman–Crippen MR) is 87.5 cm³/mol. The Morgan fingerprint density at radius 1 is 1.27 bits per heavy atom. The highest BCUT2D eigenvalue weighted by molar-refractivity contribution is 6.68. The molecule has 1 amide bonds.